The highest BCUT2D eigenvalue weighted by Crippen LogP contribution is 2.47. The molecule has 5 nitrogen and oxygen atoms in total. The zero-order valence-corrected chi connectivity index (χ0v) is 8.48. The average molecular weight is 209 g/mol. The maximum absolute atomic E-state index is 10.8. The highest BCUT2D eigenvalue weighted by Gasteiger charge is 2.38. The predicted octanol–water partition coefficient (Wildman–Crippen LogP) is 0.00990. The Hall–Kier alpha value is -1.39. The molecule has 2 fully saturated rings. The molecule has 2 bridgehead atoms. The van der Waals surface area contributed by atoms with Crippen molar-refractivity contribution in [3.8, 4) is 0 Å². The van der Waals surface area contributed by atoms with Crippen LogP contribution in [0.5, 0.6) is 0 Å². The molecule has 2 rings (SSSR count). The third-order valence-electron chi connectivity index (χ3n) is 3.45. The van der Waals surface area contributed by atoms with E-state index in [9.17, 15) is 9.59 Å². The van der Waals surface area contributed by atoms with Crippen molar-refractivity contribution in [2.75, 3.05) is 0 Å². The highest BCUT2D eigenvalue weighted by molar-refractivity contribution is 6.34. The molecule has 3 unspecified atom stereocenters. The van der Waals surface area contributed by atoms with Gasteiger partial charge < -0.3 is 5.73 Å². The van der Waals surface area contributed by atoms with Gasteiger partial charge in [-0.1, -0.05) is 6.42 Å². The Morgan fingerprint density at radius 3 is 2.67 bits per heavy atom. The fraction of sp³-hybridized carbons (Fsp3) is 0.700. The first-order valence-electron chi connectivity index (χ1n) is 5.29. The number of hydrogen-bond acceptors (Lipinski definition) is 3. The first-order valence-corrected chi connectivity index (χ1v) is 5.29. The molecule has 0 aromatic rings. The van der Waals surface area contributed by atoms with Gasteiger partial charge in [0.15, 0.2) is 0 Å². The molecule has 2 aliphatic rings. The third-order valence-corrected chi connectivity index (χ3v) is 3.45. The van der Waals surface area contributed by atoms with Gasteiger partial charge in [0.1, 0.15) is 0 Å². The Balaban J connectivity index is 1.80. The molecule has 3 atom stereocenters. The van der Waals surface area contributed by atoms with Gasteiger partial charge in [0.05, 0.1) is 0 Å². The number of primary amides is 1. The standard InChI is InChI=1S/C10H15N3O2/c11-9(14)10(15)13-12-5-8-4-6-1-2-7(8)3-6/h5-8H,1-4H2,(H2,11,14)(H,13,15). The molecule has 2 aliphatic carbocycles. The summed E-state index contributed by atoms with van der Waals surface area (Å²) < 4.78 is 0. The van der Waals surface area contributed by atoms with Gasteiger partial charge in [-0.05, 0) is 37.0 Å². The van der Waals surface area contributed by atoms with E-state index >= 15 is 0 Å². The summed E-state index contributed by atoms with van der Waals surface area (Å²) in [5, 5.41) is 3.77. The molecular weight excluding hydrogens is 194 g/mol. The van der Waals surface area contributed by atoms with Crippen molar-refractivity contribution in [2.24, 2.45) is 28.6 Å². The number of nitrogens with zero attached hydrogens (tertiary/aromatic N) is 1. The van der Waals surface area contributed by atoms with E-state index in [0.29, 0.717) is 5.92 Å². The third kappa shape index (κ3) is 2.16. The number of nitrogens with two attached hydrogens (primary N) is 1. The predicted molar refractivity (Wildman–Crippen MR) is 54.8 cm³/mol. The number of rotatable bonds is 2. The lowest BCUT2D eigenvalue weighted by Crippen LogP contribution is -2.33. The van der Waals surface area contributed by atoms with E-state index in [-0.39, 0.29) is 0 Å². The quantitative estimate of drug-likeness (QED) is 0.381. The normalized spacial score (nSPS) is 33.5. The summed E-state index contributed by atoms with van der Waals surface area (Å²) in [4.78, 5) is 21.2. The zero-order chi connectivity index (χ0) is 10.8. The van der Waals surface area contributed by atoms with Crippen LogP contribution in [0.1, 0.15) is 25.7 Å². The summed E-state index contributed by atoms with van der Waals surface area (Å²) in [6.45, 7) is 0. The van der Waals surface area contributed by atoms with Crippen LogP contribution in [-0.2, 0) is 9.59 Å². The Morgan fingerprint density at radius 2 is 2.13 bits per heavy atom. The van der Waals surface area contributed by atoms with Gasteiger partial charge in [-0.2, -0.15) is 5.10 Å². The van der Waals surface area contributed by atoms with E-state index in [2.05, 4.69) is 10.5 Å². The molecule has 2 saturated carbocycles. The van der Waals surface area contributed by atoms with Crippen LogP contribution in [0.15, 0.2) is 5.10 Å². The van der Waals surface area contributed by atoms with Crippen LogP contribution in [-0.4, -0.2) is 18.0 Å². The summed E-state index contributed by atoms with van der Waals surface area (Å²) in [5.41, 5.74) is 6.89. The number of carbonyl (C=O) groups is 2. The first-order chi connectivity index (χ1) is 7.16. The second kappa shape index (κ2) is 4.00. The topological polar surface area (TPSA) is 84.5 Å². The van der Waals surface area contributed by atoms with Gasteiger partial charge in [-0.15, -0.1) is 0 Å². The van der Waals surface area contributed by atoms with Crippen molar-refractivity contribution < 1.29 is 9.59 Å². The summed E-state index contributed by atoms with van der Waals surface area (Å²) >= 11 is 0. The monoisotopic (exact) mass is 209 g/mol. The minimum absolute atomic E-state index is 0.469. The lowest BCUT2D eigenvalue weighted by molar-refractivity contribution is -0.137. The molecule has 82 valence electrons. The highest BCUT2D eigenvalue weighted by atomic mass is 16.2. The van der Waals surface area contributed by atoms with Gasteiger partial charge in [-0.25, -0.2) is 5.43 Å². The molecule has 0 spiro atoms. The maximum Gasteiger partial charge on any atom is 0.329 e. The summed E-state index contributed by atoms with van der Waals surface area (Å²) in [7, 11) is 0. The molecule has 15 heavy (non-hydrogen) atoms. The Morgan fingerprint density at radius 1 is 1.33 bits per heavy atom. The second-order valence-electron chi connectivity index (χ2n) is 4.42. The number of hydrazone groups is 1. The van der Waals surface area contributed by atoms with Crippen molar-refractivity contribution in [1.29, 1.82) is 0 Å². The molecular formula is C10H15N3O2. The minimum Gasteiger partial charge on any atom is -0.361 e. The molecule has 3 N–H and O–H groups in total. The average Bonchev–Trinajstić information content (AvgIpc) is 2.78. The van der Waals surface area contributed by atoms with E-state index in [0.717, 1.165) is 11.8 Å². The SMILES string of the molecule is NC(=O)C(=O)NN=CC1CC2CCC1C2. The smallest absolute Gasteiger partial charge is 0.329 e. The fourth-order valence-electron chi connectivity index (χ4n) is 2.72. The summed E-state index contributed by atoms with van der Waals surface area (Å²) in [6, 6.07) is 0. The number of fused-ring (bicyclic) bond motifs is 2. The van der Waals surface area contributed by atoms with E-state index in [4.69, 9.17) is 5.73 Å². The van der Waals surface area contributed by atoms with Gasteiger partial charge in [0.25, 0.3) is 0 Å². The Bertz CT molecular complexity index is 314. The molecule has 0 heterocycles. The number of amides is 2. The van der Waals surface area contributed by atoms with E-state index in [1.807, 2.05) is 0 Å². The van der Waals surface area contributed by atoms with E-state index < -0.39 is 11.8 Å². The van der Waals surface area contributed by atoms with Crippen molar-refractivity contribution >= 4 is 18.0 Å². The first kappa shape index (κ1) is 10.1. The molecule has 2 amide bonds. The molecule has 0 saturated heterocycles. The van der Waals surface area contributed by atoms with Crippen molar-refractivity contribution in [3.05, 3.63) is 0 Å². The van der Waals surface area contributed by atoms with Crippen LogP contribution in [0, 0.1) is 17.8 Å². The summed E-state index contributed by atoms with van der Waals surface area (Å²) in [6.07, 6.45) is 6.82. The van der Waals surface area contributed by atoms with Crippen LogP contribution in [0.25, 0.3) is 0 Å². The Kier molecular flexibility index (Phi) is 2.70. The van der Waals surface area contributed by atoms with E-state index in [1.165, 1.54) is 25.7 Å². The molecule has 0 aromatic carbocycles. The largest absolute Gasteiger partial charge is 0.361 e. The van der Waals surface area contributed by atoms with Crippen molar-refractivity contribution in [2.45, 2.75) is 25.7 Å². The maximum atomic E-state index is 10.8. The molecule has 0 radical (unpaired) electrons. The number of nitrogens with one attached hydrogen (secondary N) is 1. The van der Waals surface area contributed by atoms with Crippen LogP contribution >= 0.6 is 0 Å². The number of carbonyl (C=O) groups excluding carboxylic acids is 2. The zero-order valence-electron chi connectivity index (χ0n) is 8.48. The van der Waals surface area contributed by atoms with Crippen molar-refractivity contribution in [1.82, 2.24) is 5.43 Å². The molecule has 0 aromatic heterocycles. The van der Waals surface area contributed by atoms with Gasteiger partial charge >= 0.3 is 11.8 Å². The minimum atomic E-state index is -1.000. The van der Waals surface area contributed by atoms with Crippen molar-refractivity contribution in [3.63, 3.8) is 0 Å². The molecule has 0 aliphatic heterocycles. The fourth-order valence-corrected chi connectivity index (χ4v) is 2.72. The Labute approximate surface area is 88.1 Å². The summed E-state index contributed by atoms with van der Waals surface area (Å²) in [5.74, 6) is 0.189. The van der Waals surface area contributed by atoms with Gasteiger partial charge in [-0.3, -0.25) is 9.59 Å². The second-order valence-corrected chi connectivity index (χ2v) is 4.42. The lowest BCUT2D eigenvalue weighted by atomic mass is 9.90. The molecule has 5 heteroatoms. The van der Waals surface area contributed by atoms with Gasteiger partial charge in [0, 0.05) is 6.21 Å². The van der Waals surface area contributed by atoms with Crippen LogP contribution in [0.2, 0.25) is 0 Å². The number of hydrogen-bond donors (Lipinski definition) is 2. The van der Waals surface area contributed by atoms with Crippen LogP contribution < -0.4 is 11.2 Å². The van der Waals surface area contributed by atoms with Crippen LogP contribution in [0.4, 0.5) is 0 Å². The lowest BCUT2D eigenvalue weighted by Gasteiger charge is -2.16. The van der Waals surface area contributed by atoms with Gasteiger partial charge in [0.2, 0.25) is 0 Å². The van der Waals surface area contributed by atoms with Crippen LogP contribution in [0.3, 0.4) is 0 Å². The van der Waals surface area contributed by atoms with E-state index in [1.54, 1.807) is 6.21 Å².